The summed E-state index contributed by atoms with van der Waals surface area (Å²) in [5.41, 5.74) is 17.7. The summed E-state index contributed by atoms with van der Waals surface area (Å²) in [5.74, 6) is 2.31. The number of benzene rings is 7. The van der Waals surface area contributed by atoms with Gasteiger partial charge in [-0.3, -0.25) is 22.9 Å². The van der Waals surface area contributed by atoms with Gasteiger partial charge in [0.25, 0.3) is 0 Å². The largest absolute Gasteiger partial charge is 0.278 e. The number of imidazole rings is 4. The third-order valence-electron chi connectivity index (χ3n) is 12.0. The molecule has 0 radical (unpaired) electrons. The molecule has 0 atom stereocenters. The Bertz CT molecular complexity index is 3840. The molecule has 9 heteroatoms. The zero-order valence-corrected chi connectivity index (χ0v) is 33.1. The predicted molar refractivity (Wildman–Crippen MR) is 248 cm³/mol. The second-order valence-electron chi connectivity index (χ2n) is 15.5. The van der Waals surface area contributed by atoms with Gasteiger partial charge in [-0.2, -0.15) is 0 Å². The smallest absolute Gasteiger partial charge is 0.220 e. The average Bonchev–Trinajstić information content (AvgIpc) is 4.08. The zero-order valence-electron chi connectivity index (χ0n) is 33.1. The third-order valence-corrected chi connectivity index (χ3v) is 12.0. The van der Waals surface area contributed by atoms with E-state index >= 15 is 0 Å². The van der Waals surface area contributed by atoms with Crippen LogP contribution in [0.15, 0.2) is 201 Å². The highest BCUT2D eigenvalue weighted by atomic mass is 15.2. The van der Waals surface area contributed by atoms with E-state index in [1.807, 2.05) is 73.3 Å². The topological polar surface area (TPSA) is 83.1 Å². The lowest BCUT2D eigenvalue weighted by Gasteiger charge is -2.10. The summed E-state index contributed by atoms with van der Waals surface area (Å²) in [6.07, 6.45) is 7.44. The predicted octanol–water partition coefficient (Wildman–Crippen LogP) is 12.0. The Labute approximate surface area is 354 Å². The molecule has 0 N–H and O–H groups in total. The molecule has 62 heavy (non-hydrogen) atoms. The molecule has 6 aromatic heterocycles. The Morgan fingerprint density at radius 3 is 1.53 bits per heavy atom. The van der Waals surface area contributed by atoms with E-state index in [9.17, 15) is 0 Å². The SMILES string of the molecule is c1ccc(-c2ccc(-c3cccc(-n4c5ccc(-c6ccc7c(c6)n6c8ccccc8nc6n7-c6cnc(-c7ccccc7)nc6)cc5n5c6ccncc6nc45)c3)cc2)cc1. The maximum Gasteiger partial charge on any atom is 0.220 e. The van der Waals surface area contributed by atoms with Crippen LogP contribution in [-0.2, 0) is 0 Å². The molecule has 0 saturated heterocycles. The van der Waals surface area contributed by atoms with E-state index in [2.05, 4.69) is 150 Å². The van der Waals surface area contributed by atoms with Crippen LogP contribution in [0.5, 0.6) is 0 Å². The molecule has 7 aromatic carbocycles. The minimum absolute atomic E-state index is 0.680. The second kappa shape index (κ2) is 13.4. The van der Waals surface area contributed by atoms with E-state index in [1.165, 1.54) is 11.1 Å². The number of hydrogen-bond donors (Lipinski definition) is 0. The van der Waals surface area contributed by atoms with Crippen LogP contribution in [0.1, 0.15) is 0 Å². The number of aromatic nitrogens is 9. The molecule has 0 spiro atoms. The second-order valence-corrected chi connectivity index (χ2v) is 15.5. The number of para-hydroxylation sites is 2. The van der Waals surface area contributed by atoms with Crippen molar-refractivity contribution in [3.05, 3.63) is 201 Å². The highest BCUT2D eigenvalue weighted by Crippen LogP contribution is 2.36. The maximum atomic E-state index is 5.17. The summed E-state index contributed by atoms with van der Waals surface area (Å²) in [4.78, 5) is 24.3. The first-order valence-corrected chi connectivity index (χ1v) is 20.6. The zero-order chi connectivity index (χ0) is 40.7. The molecule has 0 saturated carbocycles. The van der Waals surface area contributed by atoms with Crippen molar-refractivity contribution in [1.82, 2.24) is 42.9 Å². The fourth-order valence-electron chi connectivity index (χ4n) is 9.06. The van der Waals surface area contributed by atoms with Crippen molar-refractivity contribution < 1.29 is 0 Å². The molecule has 290 valence electrons. The van der Waals surface area contributed by atoms with Crippen molar-refractivity contribution in [2.24, 2.45) is 0 Å². The third kappa shape index (κ3) is 5.25. The van der Waals surface area contributed by atoms with Gasteiger partial charge in [0.2, 0.25) is 11.6 Å². The molecule has 0 amide bonds. The lowest BCUT2D eigenvalue weighted by atomic mass is 10.00. The average molecular weight is 796 g/mol. The van der Waals surface area contributed by atoms with Gasteiger partial charge in [-0.15, -0.1) is 0 Å². The summed E-state index contributed by atoms with van der Waals surface area (Å²) < 4.78 is 8.91. The summed E-state index contributed by atoms with van der Waals surface area (Å²) in [6, 6.07) is 61.7. The van der Waals surface area contributed by atoms with Gasteiger partial charge in [0.1, 0.15) is 5.52 Å². The number of pyridine rings is 1. The Hall–Kier alpha value is -8.69. The number of rotatable bonds is 6. The van der Waals surface area contributed by atoms with Crippen LogP contribution in [-0.4, -0.2) is 42.9 Å². The van der Waals surface area contributed by atoms with Crippen molar-refractivity contribution in [1.29, 1.82) is 0 Å². The van der Waals surface area contributed by atoms with Crippen LogP contribution < -0.4 is 0 Å². The van der Waals surface area contributed by atoms with Crippen LogP contribution in [0, 0.1) is 0 Å². The minimum atomic E-state index is 0.680. The summed E-state index contributed by atoms with van der Waals surface area (Å²) in [5, 5.41) is 0. The minimum Gasteiger partial charge on any atom is -0.278 e. The molecular formula is C53H33N9. The fraction of sp³-hybridized carbons (Fsp3) is 0. The standard InChI is InChI=1S/C53H33N9/c1-3-10-34(11-4-1)35-18-20-36(21-19-35)38-14-9-15-41(28-38)59-47-24-22-39(29-49(47)62-46-26-27-54-33-44(46)58-53(59)62)40-23-25-48-50(30-40)61-45-17-8-7-16-43(45)57-52(61)60(48)42-31-55-51(56-32-42)37-12-5-2-6-13-37/h1-33H. The molecule has 0 fully saturated rings. The van der Waals surface area contributed by atoms with E-state index in [0.29, 0.717) is 5.82 Å². The van der Waals surface area contributed by atoms with E-state index in [0.717, 1.165) is 94.9 Å². The van der Waals surface area contributed by atoms with Crippen molar-refractivity contribution in [3.63, 3.8) is 0 Å². The number of fused-ring (bicyclic) bond motifs is 10. The van der Waals surface area contributed by atoms with Crippen LogP contribution in [0.3, 0.4) is 0 Å². The molecule has 0 unspecified atom stereocenters. The van der Waals surface area contributed by atoms with Gasteiger partial charge < -0.3 is 0 Å². The Kier molecular flexibility index (Phi) is 7.40. The van der Waals surface area contributed by atoms with Gasteiger partial charge in [0.15, 0.2) is 5.82 Å². The van der Waals surface area contributed by atoms with Gasteiger partial charge in [-0.1, -0.05) is 121 Å². The van der Waals surface area contributed by atoms with Crippen molar-refractivity contribution in [3.8, 4) is 56.1 Å². The molecule has 0 aliphatic heterocycles. The first-order chi connectivity index (χ1) is 30.7. The van der Waals surface area contributed by atoms with Crippen LogP contribution >= 0.6 is 0 Å². The van der Waals surface area contributed by atoms with Crippen molar-refractivity contribution in [2.75, 3.05) is 0 Å². The van der Waals surface area contributed by atoms with Gasteiger partial charge in [-0.05, 0) is 88.0 Å². The van der Waals surface area contributed by atoms with Crippen molar-refractivity contribution in [2.45, 2.75) is 0 Å². The molecular weight excluding hydrogens is 763 g/mol. The quantitative estimate of drug-likeness (QED) is 0.167. The summed E-state index contributed by atoms with van der Waals surface area (Å²) in [7, 11) is 0. The van der Waals surface area contributed by atoms with Crippen molar-refractivity contribution >= 4 is 55.7 Å². The first-order valence-electron chi connectivity index (χ1n) is 20.6. The fourth-order valence-corrected chi connectivity index (χ4v) is 9.06. The molecule has 9 nitrogen and oxygen atoms in total. The molecule has 6 heterocycles. The number of nitrogens with zero attached hydrogens (tertiary/aromatic N) is 9. The van der Waals surface area contributed by atoms with Gasteiger partial charge in [0.05, 0.1) is 62.9 Å². The van der Waals surface area contributed by atoms with E-state index < -0.39 is 0 Å². The summed E-state index contributed by atoms with van der Waals surface area (Å²) >= 11 is 0. The lowest BCUT2D eigenvalue weighted by molar-refractivity contribution is 1.05. The monoisotopic (exact) mass is 795 g/mol. The Morgan fingerprint density at radius 2 is 0.839 bits per heavy atom. The van der Waals surface area contributed by atoms with Gasteiger partial charge in [-0.25, -0.2) is 19.9 Å². The molecule has 13 rings (SSSR count). The normalized spacial score (nSPS) is 11.9. The lowest BCUT2D eigenvalue weighted by Crippen LogP contribution is -1.98. The summed E-state index contributed by atoms with van der Waals surface area (Å²) in [6.45, 7) is 0. The Morgan fingerprint density at radius 1 is 0.323 bits per heavy atom. The maximum absolute atomic E-state index is 5.17. The van der Waals surface area contributed by atoms with Gasteiger partial charge in [0, 0.05) is 17.4 Å². The van der Waals surface area contributed by atoms with Crippen LogP contribution in [0.4, 0.5) is 0 Å². The highest BCUT2D eigenvalue weighted by molar-refractivity contribution is 5.97. The van der Waals surface area contributed by atoms with E-state index in [1.54, 1.807) is 0 Å². The van der Waals surface area contributed by atoms with Gasteiger partial charge >= 0.3 is 0 Å². The van der Waals surface area contributed by atoms with E-state index in [-0.39, 0.29) is 0 Å². The highest BCUT2D eigenvalue weighted by Gasteiger charge is 2.21. The molecule has 0 aliphatic rings. The molecule has 0 bridgehead atoms. The first kappa shape index (κ1) is 34.2. The van der Waals surface area contributed by atoms with Crippen LogP contribution in [0.2, 0.25) is 0 Å². The molecule has 0 aliphatic carbocycles. The molecule has 13 aromatic rings. The van der Waals surface area contributed by atoms with E-state index in [4.69, 9.17) is 19.9 Å². The van der Waals surface area contributed by atoms with Crippen LogP contribution in [0.25, 0.3) is 112 Å². The number of hydrogen-bond acceptors (Lipinski definition) is 5. The Balaban J connectivity index is 0.960.